The van der Waals surface area contributed by atoms with E-state index in [2.05, 4.69) is 0 Å². The Bertz CT molecular complexity index is 1010. The van der Waals surface area contributed by atoms with Crippen LogP contribution in [0.5, 0.6) is 11.5 Å². The molecule has 0 aromatic heterocycles. The first-order valence-electron chi connectivity index (χ1n) is 10.5. The number of aryl methyl sites for hydroxylation is 1. The van der Waals surface area contributed by atoms with Crippen LogP contribution >= 0.6 is 0 Å². The standard InChI is InChI=1S/C25H29NO6/c1-5-16-7-9-17(10-8-16)23(27)21-22(18-11-12-19(31-3)20(15-18)32-4)26(13-6-14-30-2)25(29)24(21)28/h7-12,15,22,27H,5-6,13-14H2,1-4H3/b23-21-. The molecule has 1 amide bonds. The van der Waals surface area contributed by atoms with Gasteiger partial charge in [0.2, 0.25) is 0 Å². The molecule has 0 radical (unpaired) electrons. The Balaban J connectivity index is 2.14. The van der Waals surface area contributed by atoms with Crippen molar-refractivity contribution in [2.75, 3.05) is 34.5 Å². The molecule has 1 aliphatic rings. The third-order valence-electron chi connectivity index (χ3n) is 5.65. The van der Waals surface area contributed by atoms with Crippen molar-refractivity contribution in [3.63, 3.8) is 0 Å². The van der Waals surface area contributed by atoms with E-state index in [4.69, 9.17) is 14.2 Å². The molecular weight excluding hydrogens is 410 g/mol. The van der Waals surface area contributed by atoms with Gasteiger partial charge in [-0.05, 0) is 36.1 Å². The fourth-order valence-electron chi connectivity index (χ4n) is 3.91. The number of likely N-dealkylation sites (tertiary alicyclic amines) is 1. The first-order valence-corrected chi connectivity index (χ1v) is 10.5. The predicted octanol–water partition coefficient (Wildman–Crippen LogP) is 3.72. The molecule has 1 aliphatic heterocycles. The molecule has 0 spiro atoms. The molecule has 1 atom stereocenters. The summed E-state index contributed by atoms with van der Waals surface area (Å²) >= 11 is 0. The van der Waals surface area contributed by atoms with Crippen molar-refractivity contribution in [3.8, 4) is 11.5 Å². The van der Waals surface area contributed by atoms with Gasteiger partial charge in [0, 0.05) is 25.8 Å². The summed E-state index contributed by atoms with van der Waals surface area (Å²) in [5.41, 5.74) is 2.30. The normalized spacial score (nSPS) is 17.6. The minimum atomic E-state index is -0.752. The highest BCUT2D eigenvalue weighted by Crippen LogP contribution is 2.42. The second-order valence-electron chi connectivity index (χ2n) is 7.50. The van der Waals surface area contributed by atoms with Gasteiger partial charge in [0.1, 0.15) is 5.76 Å². The van der Waals surface area contributed by atoms with Crippen molar-refractivity contribution in [1.29, 1.82) is 0 Å². The fourth-order valence-corrected chi connectivity index (χ4v) is 3.91. The second-order valence-corrected chi connectivity index (χ2v) is 7.50. The zero-order chi connectivity index (χ0) is 23.3. The Kier molecular flexibility index (Phi) is 7.53. The maximum atomic E-state index is 13.1. The minimum Gasteiger partial charge on any atom is -0.507 e. The van der Waals surface area contributed by atoms with E-state index < -0.39 is 17.7 Å². The van der Waals surface area contributed by atoms with Gasteiger partial charge in [-0.2, -0.15) is 0 Å². The van der Waals surface area contributed by atoms with Crippen LogP contribution in [0.1, 0.15) is 36.1 Å². The lowest BCUT2D eigenvalue weighted by Crippen LogP contribution is -2.31. The molecule has 3 rings (SSSR count). The molecular formula is C25H29NO6. The molecule has 2 aromatic carbocycles. The molecule has 1 heterocycles. The van der Waals surface area contributed by atoms with E-state index in [0.717, 1.165) is 12.0 Å². The van der Waals surface area contributed by atoms with Crippen LogP contribution in [0, 0.1) is 0 Å². The molecule has 0 aliphatic carbocycles. The molecule has 170 valence electrons. The summed E-state index contributed by atoms with van der Waals surface area (Å²) in [5.74, 6) is -0.547. The molecule has 2 aromatic rings. The third-order valence-corrected chi connectivity index (χ3v) is 5.65. The van der Waals surface area contributed by atoms with Crippen LogP contribution in [0.15, 0.2) is 48.0 Å². The Hall–Kier alpha value is -3.32. The summed E-state index contributed by atoms with van der Waals surface area (Å²) in [6.45, 7) is 2.79. The number of hydrogen-bond acceptors (Lipinski definition) is 6. The van der Waals surface area contributed by atoms with Gasteiger partial charge in [-0.15, -0.1) is 0 Å². The third kappa shape index (κ3) is 4.48. The van der Waals surface area contributed by atoms with Crippen molar-refractivity contribution in [2.24, 2.45) is 0 Å². The largest absolute Gasteiger partial charge is 0.507 e. The molecule has 7 heteroatoms. The number of hydrogen-bond donors (Lipinski definition) is 1. The van der Waals surface area contributed by atoms with Crippen molar-refractivity contribution in [1.82, 2.24) is 4.90 Å². The van der Waals surface area contributed by atoms with Gasteiger partial charge in [0.05, 0.1) is 25.8 Å². The van der Waals surface area contributed by atoms with Crippen LogP contribution < -0.4 is 9.47 Å². The zero-order valence-electron chi connectivity index (χ0n) is 18.9. The van der Waals surface area contributed by atoms with E-state index in [1.165, 1.54) is 19.1 Å². The first kappa shape index (κ1) is 23.3. The number of ketones is 1. The quantitative estimate of drug-likeness (QED) is 0.277. The first-order chi connectivity index (χ1) is 15.5. The number of Topliss-reactive ketones (excluding diaryl/α,β-unsaturated/α-hetero) is 1. The molecule has 1 fully saturated rings. The van der Waals surface area contributed by atoms with E-state index in [-0.39, 0.29) is 11.3 Å². The average Bonchev–Trinajstić information content (AvgIpc) is 3.08. The van der Waals surface area contributed by atoms with Crippen molar-refractivity contribution >= 4 is 17.4 Å². The highest BCUT2D eigenvalue weighted by molar-refractivity contribution is 6.46. The Morgan fingerprint density at radius 2 is 1.69 bits per heavy atom. The lowest BCUT2D eigenvalue weighted by Gasteiger charge is -2.26. The monoisotopic (exact) mass is 439 g/mol. The van der Waals surface area contributed by atoms with Crippen LogP contribution in [-0.4, -0.2) is 56.2 Å². The number of benzene rings is 2. The smallest absolute Gasteiger partial charge is 0.295 e. The molecule has 1 saturated heterocycles. The van der Waals surface area contributed by atoms with Gasteiger partial charge >= 0.3 is 0 Å². The molecule has 0 saturated carbocycles. The highest BCUT2D eigenvalue weighted by atomic mass is 16.5. The van der Waals surface area contributed by atoms with Gasteiger partial charge in [-0.3, -0.25) is 9.59 Å². The zero-order valence-corrected chi connectivity index (χ0v) is 18.9. The topological polar surface area (TPSA) is 85.3 Å². The Morgan fingerprint density at radius 3 is 2.28 bits per heavy atom. The molecule has 0 bridgehead atoms. The number of amides is 1. The highest BCUT2D eigenvalue weighted by Gasteiger charge is 2.46. The van der Waals surface area contributed by atoms with Crippen LogP contribution in [-0.2, 0) is 20.7 Å². The molecule has 1 N–H and O–H groups in total. The van der Waals surface area contributed by atoms with Gasteiger partial charge < -0.3 is 24.2 Å². The van der Waals surface area contributed by atoms with E-state index in [1.54, 1.807) is 37.4 Å². The van der Waals surface area contributed by atoms with Crippen molar-refractivity contribution in [3.05, 3.63) is 64.7 Å². The van der Waals surface area contributed by atoms with Gasteiger partial charge in [0.15, 0.2) is 11.5 Å². The second kappa shape index (κ2) is 10.3. The Labute approximate surface area is 188 Å². The number of nitrogens with zero attached hydrogens (tertiary/aromatic N) is 1. The predicted molar refractivity (Wildman–Crippen MR) is 121 cm³/mol. The summed E-state index contributed by atoms with van der Waals surface area (Å²) in [4.78, 5) is 27.5. The summed E-state index contributed by atoms with van der Waals surface area (Å²) in [5, 5.41) is 11.1. The number of carbonyl (C=O) groups is 2. The molecule has 32 heavy (non-hydrogen) atoms. The van der Waals surface area contributed by atoms with Gasteiger partial charge in [0.25, 0.3) is 11.7 Å². The number of aliphatic hydroxyl groups excluding tert-OH is 1. The fraction of sp³-hybridized carbons (Fsp3) is 0.360. The van der Waals surface area contributed by atoms with Crippen LogP contribution in [0.25, 0.3) is 5.76 Å². The summed E-state index contributed by atoms with van der Waals surface area (Å²) < 4.78 is 15.9. The Morgan fingerprint density at radius 1 is 1.00 bits per heavy atom. The molecule has 1 unspecified atom stereocenters. The maximum absolute atomic E-state index is 13.1. The van der Waals surface area contributed by atoms with Gasteiger partial charge in [-0.25, -0.2) is 0 Å². The lowest BCUT2D eigenvalue weighted by molar-refractivity contribution is -0.140. The maximum Gasteiger partial charge on any atom is 0.295 e. The average molecular weight is 440 g/mol. The number of ether oxygens (including phenoxy) is 3. The summed E-state index contributed by atoms with van der Waals surface area (Å²) in [6, 6.07) is 11.8. The number of rotatable bonds is 9. The van der Waals surface area contributed by atoms with Crippen molar-refractivity contribution in [2.45, 2.75) is 25.8 Å². The van der Waals surface area contributed by atoms with E-state index in [9.17, 15) is 14.7 Å². The number of carbonyl (C=O) groups excluding carboxylic acids is 2. The van der Waals surface area contributed by atoms with Crippen molar-refractivity contribution < 1.29 is 28.9 Å². The van der Waals surface area contributed by atoms with E-state index in [0.29, 0.717) is 42.2 Å². The van der Waals surface area contributed by atoms with Crippen LogP contribution in [0.2, 0.25) is 0 Å². The minimum absolute atomic E-state index is 0.0592. The van der Waals surface area contributed by atoms with Gasteiger partial charge in [-0.1, -0.05) is 37.3 Å². The van der Waals surface area contributed by atoms with Crippen LogP contribution in [0.4, 0.5) is 0 Å². The summed E-state index contributed by atoms with van der Waals surface area (Å²) in [6.07, 6.45) is 1.41. The van der Waals surface area contributed by atoms with Crippen LogP contribution in [0.3, 0.4) is 0 Å². The summed E-state index contributed by atoms with van der Waals surface area (Å²) in [7, 11) is 4.64. The van der Waals surface area contributed by atoms with E-state index in [1.807, 2.05) is 19.1 Å². The number of methoxy groups -OCH3 is 3. The van der Waals surface area contributed by atoms with E-state index >= 15 is 0 Å². The molecule has 7 nitrogen and oxygen atoms in total. The lowest BCUT2D eigenvalue weighted by atomic mass is 9.94. The SMILES string of the molecule is CCc1ccc(/C(O)=C2/C(=O)C(=O)N(CCCOC)C2c2ccc(OC)c(OC)c2)cc1. The number of aliphatic hydroxyl groups is 1.